The van der Waals surface area contributed by atoms with Crippen molar-refractivity contribution in [3.05, 3.63) is 40.8 Å². The van der Waals surface area contributed by atoms with Gasteiger partial charge in [0, 0.05) is 30.6 Å². The van der Waals surface area contributed by atoms with E-state index in [1.165, 1.54) is 6.07 Å². The Bertz CT molecular complexity index is 763. The second-order valence-electron chi connectivity index (χ2n) is 6.12. The molecule has 2 aromatic rings. The maximum Gasteiger partial charge on any atom is 0.336 e. The average molecular weight is 330 g/mol. The zero-order chi connectivity index (χ0) is 16.9. The summed E-state index contributed by atoms with van der Waals surface area (Å²) in [5.41, 5.74) is 0.0560. The van der Waals surface area contributed by atoms with Crippen LogP contribution in [0.25, 0.3) is 11.0 Å². The fourth-order valence-electron chi connectivity index (χ4n) is 3.04. The second kappa shape index (κ2) is 7.49. The SMILES string of the molecule is CNCC1CCN(C(=O)COc2ccc3ccc(=O)oc3c2)CC1. The molecular weight excluding hydrogens is 308 g/mol. The summed E-state index contributed by atoms with van der Waals surface area (Å²) in [6.45, 7) is 2.56. The summed E-state index contributed by atoms with van der Waals surface area (Å²) in [6, 6.07) is 8.30. The van der Waals surface area contributed by atoms with Gasteiger partial charge in [-0.05, 0) is 50.6 Å². The molecular formula is C18H22N2O4. The van der Waals surface area contributed by atoms with E-state index in [0.29, 0.717) is 17.3 Å². The minimum atomic E-state index is -0.403. The number of nitrogens with one attached hydrogen (secondary N) is 1. The Balaban J connectivity index is 1.55. The predicted molar refractivity (Wildman–Crippen MR) is 91.2 cm³/mol. The Morgan fingerprint density at radius 2 is 2.04 bits per heavy atom. The number of amides is 1. The van der Waals surface area contributed by atoms with Gasteiger partial charge in [-0.3, -0.25) is 4.79 Å². The molecule has 1 saturated heterocycles. The molecule has 2 heterocycles. The fraction of sp³-hybridized carbons (Fsp3) is 0.444. The molecule has 1 amide bonds. The number of hydrogen-bond acceptors (Lipinski definition) is 5. The average Bonchev–Trinajstić information content (AvgIpc) is 2.60. The number of ether oxygens (including phenoxy) is 1. The van der Waals surface area contributed by atoms with Crippen molar-refractivity contribution in [3.63, 3.8) is 0 Å². The van der Waals surface area contributed by atoms with E-state index < -0.39 is 5.63 Å². The van der Waals surface area contributed by atoms with Gasteiger partial charge >= 0.3 is 5.63 Å². The van der Waals surface area contributed by atoms with E-state index in [4.69, 9.17) is 9.15 Å². The van der Waals surface area contributed by atoms with Crippen molar-refractivity contribution in [2.45, 2.75) is 12.8 Å². The first kappa shape index (κ1) is 16.5. The van der Waals surface area contributed by atoms with Gasteiger partial charge < -0.3 is 19.4 Å². The molecule has 6 heteroatoms. The van der Waals surface area contributed by atoms with Crippen LogP contribution in [0.4, 0.5) is 0 Å². The lowest BCUT2D eigenvalue weighted by Gasteiger charge is -2.31. The fourth-order valence-corrected chi connectivity index (χ4v) is 3.04. The molecule has 6 nitrogen and oxygen atoms in total. The number of hydrogen-bond donors (Lipinski definition) is 1. The van der Waals surface area contributed by atoms with Gasteiger partial charge in [0.25, 0.3) is 5.91 Å². The Labute approximate surface area is 140 Å². The third-order valence-electron chi connectivity index (χ3n) is 4.42. The molecule has 0 unspecified atom stereocenters. The van der Waals surface area contributed by atoms with Gasteiger partial charge in [-0.25, -0.2) is 4.79 Å². The van der Waals surface area contributed by atoms with E-state index in [2.05, 4.69) is 5.32 Å². The van der Waals surface area contributed by atoms with Crippen molar-refractivity contribution in [2.24, 2.45) is 5.92 Å². The highest BCUT2D eigenvalue weighted by molar-refractivity contribution is 5.79. The summed E-state index contributed by atoms with van der Waals surface area (Å²) in [6.07, 6.45) is 2.04. The monoisotopic (exact) mass is 330 g/mol. The van der Waals surface area contributed by atoms with Crippen molar-refractivity contribution in [1.29, 1.82) is 0 Å². The van der Waals surface area contributed by atoms with Crippen molar-refractivity contribution in [2.75, 3.05) is 33.3 Å². The second-order valence-corrected chi connectivity index (χ2v) is 6.12. The number of nitrogens with zero attached hydrogens (tertiary/aromatic N) is 1. The Kier molecular flexibility index (Phi) is 5.15. The third kappa shape index (κ3) is 3.94. The molecule has 1 aromatic carbocycles. The summed E-state index contributed by atoms with van der Waals surface area (Å²) in [5, 5.41) is 4.01. The van der Waals surface area contributed by atoms with Crippen molar-refractivity contribution in [1.82, 2.24) is 10.2 Å². The van der Waals surface area contributed by atoms with Crippen molar-refractivity contribution < 1.29 is 13.9 Å². The number of likely N-dealkylation sites (tertiary alicyclic amines) is 1. The van der Waals surface area contributed by atoms with Crippen LogP contribution in [0.1, 0.15) is 12.8 Å². The summed E-state index contributed by atoms with van der Waals surface area (Å²) >= 11 is 0. The standard InChI is InChI=1S/C18H22N2O4/c1-19-11-13-6-8-20(9-7-13)17(21)12-23-15-4-2-14-3-5-18(22)24-16(14)10-15/h2-5,10,13,19H,6-9,11-12H2,1H3. The van der Waals surface area contributed by atoms with E-state index in [1.807, 2.05) is 11.9 Å². The van der Waals surface area contributed by atoms with Crippen molar-refractivity contribution in [3.8, 4) is 5.75 Å². The third-order valence-corrected chi connectivity index (χ3v) is 4.42. The first-order valence-corrected chi connectivity index (χ1v) is 8.25. The summed E-state index contributed by atoms with van der Waals surface area (Å²) < 4.78 is 10.7. The van der Waals surface area contributed by atoms with Crippen LogP contribution in [0, 0.1) is 5.92 Å². The Morgan fingerprint density at radius 3 is 2.79 bits per heavy atom. The molecule has 128 valence electrons. The van der Waals surface area contributed by atoms with Gasteiger partial charge in [0.2, 0.25) is 0 Å². The van der Waals surface area contributed by atoms with Crippen LogP contribution in [-0.4, -0.2) is 44.1 Å². The molecule has 0 spiro atoms. The van der Waals surface area contributed by atoms with E-state index in [9.17, 15) is 9.59 Å². The van der Waals surface area contributed by atoms with Gasteiger partial charge in [-0.15, -0.1) is 0 Å². The predicted octanol–water partition coefficient (Wildman–Crippen LogP) is 1.63. The van der Waals surface area contributed by atoms with Crippen LogP contribution in [0.5, 0.6) is 5.75 Å². The van der Waals surface area contributed by atoms with Crippen LogP contribution in [0.15, 0.2) is 39.5 Å². The number of piperidine rings is 1. The molecule has 0 aliphatic carbocycles. The van der Waals surface area contributed by atoms with E-state index in [-0.39, 0.29) is 12.5 Å². The largest absolute Gasteiger partial charge is 0.484 e. The van der Waals surface area contributed by atoms with Crippen LogP contribution in [-0.2, 0) is 4.79 Å². The summed E-state index contributed by atoms with van der Waals surface area (Å²) in [4.78, 5) is 25.4. The van der Waals surface area contributed by atoms with E-state index in [1.54, 1.807) is 24.3 Å². The van der Waals surface area contributed by atoms with Gasteiger partial charge in [0.15, 0.2) is 6.61 Å². The number of carbonyl (C=O) groups excluding carboxylic acids is 1. The Morgan fingerprint density at radius 1 is 1.29 bits per heavy atom. The molecule has 0 saturated carbocycles. The lowest BCUT2D eigenvalue weighted by Crippen LogP contribution is -2.42. The van der Waals surface area contributed by atoms with Crippen LogP contribution < -0.4 is 15.7 Å². The van der Waals surface area contributed by atoms with Crippen LogP contribution >= 0.6 is 0 Å². The minimum absolute atomic E-state index is 0.000727. The van der Waals surface area contributed by atoms with Crippen molar-refractivity contribution >= 4 is 16.9 Å². The summed E-state index contributed by atoms with van der Waals surface area (Å²) in [5.74, 6) is 1.16. The first-order chi connectivity index (χ1) is 11.7. The minimum Gasteiger partial charge on any atom is -0.484 e. The normalized spacial score (nSPS) is 15.6. The molecule has 24 heavy (non-hydrogen) atoms. The molecule has 3 rings (SSSR count). The maximum absolute atomic E-state index is 12.3. The zero-order valence-electron chi connectivity index (χ0n) is 13.8. The number of carbonyl (C=O) groups is 1. The molecule has 1 aliphatic rings. The summed E-state index contributed by atoms with van der Waals surface area (Å²) in [7, 11) is 1.96. The zero-order valence-corrected chi connectivity index (χ0v) is 13.8. The highest BCUT2D eigenvalue weighted by atomic mass is 16.5. The smallest absolute Gasteiger partial charge is 0.336 e. The topological polar surface area (TPSA) is 71.8 Å². The van der Waals surface area contributed by atoms with Gasteiger partial charge in [0.1, 0.15) is 11.3 Å². The van der Waals surface area contributed by atoms with E-state index in [0.717, 1.165) is 37.9 Å². The van der Waals surface area contributed by atoms with E-state index >= 15 is 0 Å². The quantitative estimate of drug-likeness (QED) is 0.844. The highest BCUT2D eigenvalue weighted by Gasteiger charge is 2.22. The molecule has 0 radical (unpaired) electrons. The first-order valence-electron chi connectivity index (χ1n) is 8.25. The van der Waals surface area contributed by atoms with Crippen LogP contribution in [0.2, 0.25) is 0 Å². The molecule has 1 fully saturated rings. The lowest BCUT2D eigenvalue weighted by atomic mass is 9.97. The lowest BCUT2D eigenvalue weighted by molar-refractivity contribution is -0.134. The molecule has 1 N–H and O–H groups in total. The van der Waals surface area contributed by atoms with Gasteiger partial charge in [-0.1, -0.05) is 0 Å². The van der Waals surface area contributed by atoms with Gasteiger partial charge in [0.05, 0.1) is 0 Å². The number of rotatable bonds is 5. The molecule has 1 aliphatic heterocycles. The molecule has 0 atom stereocenters. The Hall–Kier alpha value is -2.34. The molecule has 1 aromatic heterocycles. The van der Waals surface area contributed by atoms with Crippen LogP contribution in [0.3, 0.4) is 0 Å². The van der Waals surface area contributed by atoms with Gasteiger partial charge in [-0.2, -0.15) is 0 Å². The maximum atomic E-state index is 12.3. The highest BCUT2D eigenvalue weighted by Crippen LogP contribution is 2.20. The molecule has 0 bridgehead atoms. The number of fused-ring (bicyclic) bond motifs is 1. The number of benzene rings is 1.